The van der Waals surface area contributed by atoms with E-state index in [-0.39, 0.29) is 0 Å². The summed E-state index contributed by atoms with van der Waals surface area (Å²) in [6, 6.07) is 64.2. The van der Waals surface area contributed by atoms with Gasteiger partial charge < -0.3 is 0 Å². The van der Waals surface area contributed by atoms with Crippen molar-refractivity contribution >= 4 is 64.6 Å². The molecule has 0 atom stereocenters. The molecule has 0 aliphatic rings. The Bertz CT molecular complexity index is 2770. The average molecular weight is 580 g/mol. The first kappa shape index (κ1) is 25.4. The third-order valence-corrected chi connectivity index (χ3v) is 9.88. The lowest BCUT2D eigenvalue weighted by molar-refractivity contribution is 1.63. The van der Waals surface area contributed by atoms with Gasteiger partial charge in [0.1, 0.15) is 0 Å². The van der Waals surface area contributed by atoms with Crippen LogP contribution in [0.3, 0.4) is 0 Å². The monoisotopic (exact) mass is 579 g/mol. The molecule has 0 nitrogen and oxygen atoms in total. The van der Waals surface area contributed by atoms with Crippen LogP contribution in [-0.2, 0) is 0 Å². The Labute approximate surface area is 267 Å². The van der Waals surface area contributed by atoms with E-state index in [2.05, 4.69) is 170 Å². The summed E-state index contributed by atoms with van der Waals surface area (Å²) in [5.41, 5.74) is 7.15. The van der Waals surface area contributed by atoms with E-state index in [1.807, 2.05) is 0 Å². The first-order valence-electron chi connectivity index (χ1n) is 15.9. The molecule has 211 valence electrons. The van der Waals surface area contributed by atoms with E-state index in [4.69, 9.17) is 0 Å². The Morgan fingerprint density at radius 2 is 0.739 bits per heavy atom. The third-order valence-electron chi connectivity index (χ3n) is 9.88. The van der Waals surface area contributed by atoms with Crippen LogP contribution in [-0.4, -0.2) is 0 Å². The van der Waals surface area contributed by atoms with Crippen molar-refractivity contribution in [3.63, 3.8) is 0 Å². The fourth-order valence-electron chi connectivity index (χ4n) is 7.84. The van der Waals surface area contributed by atoms with Gasteiger partial charge in [0.05, 0.1) is 0 Å². The molecule has 0 heteroatoms. The molecule has 10 aromatic rings. The first-order valence-corrected chi connectivity index (χ1v) is 15.9. The molecule has 0 spiro atoms. The maximum atomic E-state index is 4.12. The van der Waals surface area contributed by atoms with Crippen molar-refractivity contribution in [1.29, 1.82) is 0 Å². The van der Waals surface area contributed by atoms with Crippen molar-refractivity contribution in [2.45, 2.75) is 0 Å². The SMILES string of the molecule is [c]1c(-c2cccc3ccccc23)c(-c2cccc3ccccc23)c2ccccc2c1-c1ccc2ccc3cccc4ccc1c2c34. The fourth-order valence-corrected chi connectivity index (χ4v) is 7.84. The van der Waals surface area contributed by atoms with E-state index >= 15 is 0 Å². The van der Waals surface area contributed by atoms with E-state index in [1.54, 1.807) is 0 Å². The Hall–Kier alpha value is -5.98. The zero-order valence-corrected chi connectivity index (χ0v) is 25.1. The second-order valence-electron chi connectivity index (χ2n) is 12.3. The zero-order valence-electron chi connectivity index (χ0n) is 25.1. The molecule has 0 saturated carbocycles. The van der Waals surface area contributed by atoms with E-state index in [1.165, 1.54) is 86.9 Å². The van der Waals surface area contributed by atoms with Gasteiger partial charge in [0.2, 0.25) is 0 Å². The standard InChI is InChI=1S/C46H27/c1-3-16-34-29(10-1)12-8-20-36(34)43-28-42(38-26-24-33-23-22-31-14-7-15-32-25-27-41(38)45(33)44(31)32)37-18-5-6-19-40(37)46(43)39-21-9-13-30-11-2-4-17-35(30)39/h1-27H. The van der Waals surface area contributed by atoms with Crippen molar-refractivity contribution in [3.8, 4) is 33.4 Å². The van der Waals surface area contributed by atoms with Crippen LogP contribution < -0.4 is 0 Å². The maximum Gasteiger partial charge on any atom is -0.0000710 e. The minimum absolute atomic E-state index is 1.13. The smallest absolute Gasteiger partial charge is 0.0000710 e. The normalized spacial score (nSPS) is 11.9. The topological polar surface area (TPSA) is 0 Å². The van der Waals surface area contributed by atoms with Crippen LogP contribution >= 0.6 is 0 Å². The minimum Gasteiger partial charge on any atom is -0.0616 e. The lowest BCUT2D eigenvalue weighted by Gasteiger charge is -2.21. The highest BCUT2D eigenvalue weighted by Gasteiger charge is 2.21. The van der Waals surface area contributed by atoms with Crippen molar-refractivity contribution in [1.82, 2.24) is 0 Å². The second-order valence-corrected chi connectivity index (χ2v) is 12.3. The predicted molar refractivity (Wildman–Crippen MR) is 198 cm³/mol. The molecule has 10 aromatic carbocycles. The summed E-state index contributed by atoms with van der Waals surface area (Å²) in [5, 5.41) is 15.2. The third kappa shape index (κ3) is 3.62. The summed E-state index contributed by atoms with van der Waals surface area (Å²) in [6.45, 7) is 0. The quantitative estimate of drug-likeness (QED) is 0.183. The van der Waals surface area contributed by atoms with Crippen molar-refractivity contribution < 1.29 is 0 Å². The Kier molecular flexibility index (Phi) is 5.38. The lowest BCUT2D eigenvalue weighted by Crippen LogP contribution is -1.95. The highest BCUT2D eigenvalue weighted by atomic mass is 14.2. The number of benzene rings is 10. The molecule has 1 radical (unpaired) electrons. The van der Waals surface area contributed by atoms with Gasteiger partial charge in [0, 0.05) is 0 Å². The zero-order chi connectivity index (χ0) is 30.2. The summed E-state index contributed by atoms with van der Waals surface area (Å²) >= 11 is 0. The highest BCUT2D eigenvalue weighted by Crippen LogP contribution is 2.48. The van der Waals surface area contributed by atoms with Gasteiger partial charge >= 0.3 is 0 Å². The molecule has 0 unspecified atom stereocenters. The van der Waals surface area contributed by atoms with Crippen LogP contribution in [0.4, 0.5) is 0 Å². The van der Waals surface area contributed by atoms with E-state index in [0.717, 1.165) is 11.1 Å². The summed E-state index contributed by atoms with van der Waals surface area (Å²) in [7, 11) is 0. The van der Waals surface area contributed by atoms with Crippen LogP contribution in [0.25, 0.3) is 98.0 Å². The molecule has 0 amide bonds. The Morgan fingerprint density at radius 3 is 1.48 bits per heavy atom. The van der Waals surface area contributed by atoms with Crippen LogP contribution in [0, 0.1) is 6.07 Å². The van der Waals surface area contributed by atoms with Crippen LogP contribution in [0.1, 0.15) is 0 Å². The maximum absolute atomic E-state index is 4.12. The van der Waals surface area contributed by atoms with Crippen molar-refractivity contribution in [2.24, 2.45) is 0 Å². The number of fused-ring (bicyclic) bond motifs is 3. The van der Waals surface area contributed by atoms with Gasteiger partial charge in [-0.3, -0.25) is 0 Å². The number of rotatable bonds is 3. The number of hydrogen-bond acceptors (Lipinski definition) is 0. The number of hydrogen-bond donors (Lipinski definition) is 0. The molecular weight excluding hydrogens is 553 g/mol. The summed E-state index contributed by atoms with van der Waals surface area (Å²) < 4.78 is 0. The lowest BCUT2D eigenvalue weighted by atomic mass is 9.82. The molecule has 0 heterocycles. The van der Waals surface area contributed by atoms with Crippen LogP contribution in [0.5, 0.6) is 0 Å². The summed E-state index contributed by atoms with van der Waals surface area (Å²) in [5.74, 6) is 0. The molecule has 0 N–H and O–H groups in total. The second kappa shape index (κ2) is 9.76. The molecule has 0 aromatic heterocycles. The van der Waals surface area contributed by atoms with Gasteiger partial charge in [0.25, 0.3) is 0 Å². The molecule has 0 bridgehead atoms. The molecular formula is C46H27. The van der Waals surface area contributed by atoms with Gasteiger partial charge in [-0.15, -0.1) is 0 Å². The summed E-state index contributed by atoms with van der Waals surface area (Å²) in [4.78, 5) is 0. The van der Waals surface area contributed by atoms with Gasteiger partial charge in [-0.1, -0.05) is 164 Å². The van der Waals surface area contributed by atoms with Gasteiger partial charge in [-0.2, -0.15) is 0 Å². The minimum atomic E-state index is 1.13. The highest BCUT2D eigenvalue weighted by molar-refractivity contribution is 6.27. The van der Waals surface area contributed by atoms with E-state index in [9.17, 15) is 0 Å². The van der Waals surface area contributed by atoms with Crippen molar-refractivity contribution in [2.75, 3.05) is 0 Å². The fraction of sp³-hybridized carbons (Fsp3) is 0. The van der Waals surface area contributed by atoms with Crippen LogP contribution in [0.15, 0.2) is 164 Å². The van der Waals surface area contributed by atoms with Crippen molar-refractivity contribution in [3.05, 3.63) is 170 Å². The van der Waals surface area contributed by atoms with Gasteiger partial charge in [-0.05, 0) is 104 Å². The molecule has 46 heavy (non-hydrogen) atoms. The molecule has 0 fully saturated rings. The Balaban J connectivity index is 1.39. The molecule has 0 saturated heterocycles. The van der Waals surface area contributed by atoms with E-state index < -0.39 is 0 Å². The largest absolute Gasteiger partial charge is 0.0616 e. The predicted octanol–water partition coefficient (Wildman–Crippen LogP) is 12.8. The average Bonchev–Trinajstić information content (AvgIpc) is 3.13. The van der Waals surface area contributed by atoms with Gasteiger partial charge in [-0.25, -0.2) is 0 Å². The van der Waals surface area contributed by atoms with E-state index in [0.29, 0.717) is 0 Å². The molecule has 0 aliphatic heterocycles. The van der Waals surface area contributed by atoms with Gasteiger partial charge in [0.15, 0.2) is 0 Å². The van der Waals surface area contributed by atoms with Crippen LogP contribution in [0.2, 0.25) is 0 Å². The molecule has 10 rings (SSSR count). The Morgan fingerprint density at radius 1 is 0.261 bits per heavy atom. The molecule has 0 aliphatic carbocycles. The first-order chi connectivity index (χ1) is 22.8. The summed E-state index contributed by atoms with van der Waals surface area (Å²) in [6.07, 6.45) is 0.